The molecule has 1 heterocycles. The van der Waals surface area contributed by atoms with E-state index in [0.29, 0.717) is 12.1 Å². The number of nitrogens with one attached hydrogen (secondary N) is 1. The topological polar surface area (TPSA) is 35.8 Å². The number of nitrogens with zero attached hydrogens (tertiary/aromatic N) is 1. The van der Waals surface area contributed by atoms with Gasteiger partial charge in [-0.3, -0.25) is 0 Å². The molecule has 1 aromatic rings. The van der Waals surface area contributed by atoms with Crippen molar-refractivity contribution < 1.29 is 4.39 Å². The fraction of sp³-hybridized carbons (Fsp3) is 0.462. The molecular weight excluding hydrogens is 203 g/mol. The van der Waals surface area contributed by atoms with Crippen LogP contribution >= 0.6 is 0 Å². The van der Waals surface area contributed by atoms with Crippen molar-refractivity contribution in [2.75, 3.05) is 13.1 Å². The van der Waals surface area contributed by atoms with Crippen molar-refractivity contribution >= 4 is 0 Å². The molecule has 2 atom stereocenters. The molecular formula is C13H15FN2. The van der Waals surface area contributed by atoms with Crippen LogP contribution in [0, 0.1) is 17.2 Å². The van der Waals surface area contributed by atoms with E-state index in [1.807, 2.05) is 18.2 Å². The Labute approximate surface area is 95.1 Å². The average Bonchev–Trinajstić information content (AvgIpc) is 2.32. The first-order valence-electron chi connectivity index (χ1n) is 5.63. The molecule has 0 spiro atoms. The van der Waals surface area contributed by atoms with Crippen LogP contribution < -0.4 is 5.32 Å². The molecule has 3 heteroatoms. The van der Waals surface area contributed by atoms with E-state index in [0.717, 1.165) is 24.9 Å². The van der Waals surface area contributed by atoms with Crippen LogP contribution in [0.2, 0.25) is 0 Å². The molecule has 0 aromatic heterocycles. The van der Waals surface area contributed by atoms with Crippen molar-refractivity contribution in [1.29, 1.82) is 5.26 Å². The molecule has 16 heavy (non-hydrogen) atoms. The van der Waals surface area contributed by atoms with Crippen molar-refractivity contribution in [3.8, 4) is 6.07 Å². The Morgan fingerprint density at radius 1 is 1.50 bits per heavy atom. The number of hydrogen-bond acceptors (Lipinski definition) is 2. The van der Waals surface area contributed by atoms with Crippen LogP contribution in [0.4, 0.5) is 4.39 Å². The molecule has 2 rings (SSSR count). The summed E-state index contributed by atoms with van der Waals surface area (Å²) in [6.07, 6.45) is 0.843. The lowest BCUT2D eigenvalue weighted by atomic mass is 9.89. The van der Waals surface area contributed by atoms with Gasteiger partial charge in [0.2, 0.25) is 0 Å². The average molecular weight is 218 g/mol. The van der Waals surface area contributed by atoms with Gasteiger partial charge in [-0.05, 0) is 43.0 Å². The van der Waals surface area contributed by atoms with Gasteiger partial charge in [-0.25, -0.2) is 4.39 Å². The first-order valence-corrected chi connectivity index (χ1v) is 5.63. The summed E-state index contributed by atoms with van der Waals surface area (Å²) in [5.74, 6) is 0.0928. The van der Waals surface area contributed by atoms with Gasteiger partial charge in [-0.2, -0.15) is 5.26 Å². The monoisotopic (exact) mass is 218 g/mol. The normalized spacial score (nSPS) is 25.0. The lowest BCUT2D eigenvalue weighted by Gasteiger charge is -2.26. The number of rotatable bonds is 2. The standard InChI is InChI=1S/C13H15FN2/c14-13-9-16-5-4-12(13)7-10-2-1-3-11(6-10)8-15/h1-3,6,12-13,16H,4-5,7,9H2/t12?,13-/m1/s1. The molecule has 0 aliphatic carbocycles. The minimum Gasteiger partial charge on any atom is -0.314 e. The second-order valence-corrected chi connectivity index (χ2v) is 4.29. The summed E-state index contributed by atoms with van der Waals surface area (Å²) in [7, 11) is 0. The molecule has 0 radical (unpaired) electrons. The molecule has 1 aliphatic rings. The van der Waals surface area contributed by atoms with E-state index in [1.54, 1.807) is 6.07 Å². The smallest absolute Gasteiger partial charge is 0.116 e. The van der Waals surface area contributed by atoms with Gasteiger partial charge in [0.1, 0.15) is 6.17 Å². The summed E-state index contributed by atoms with van der Waals surface area (Å²) in [4.78, 5) is 0. The summed E-state index contributed by atoms with van der Waals surface area (Å²) in [5, 5.41) is 11.8. The van der Waals surface area contributed by atoms with Gasteiger partial charge in [-0.15, -0.1) is 0 Å². The highest BCUT2D eigenvalue weighted by atomic mass is 19.1. The summed E-state index contributed by atoms with van der Waals surface area (Å²) < 4.78 is 13.6. The molecule has 1 saturated heterocycles. The van der Waals surface area contributed by atoms with Crippen molar-refractivity contribution in [3.63, 3.8) is 0 Å². The molecule has 2 nitrogen and oxygen atoms in total. The van der Waals surface area contributed by atoms with E-state index in [4.69, 9.17) is 5.26 Å². The number of hydrogen-bond donors (Lipinski definition) is 1. The fourth-order valence-electron chi connectivity index (χ4n) is 2.18. The molecule has 0 bridgehead atoms. The Kier molecular flexibility index (Phi) is 3.53. The molecule has 1 fully saturated rings. The Morgan fingerprint density at radius 2 is 2.38 bits per heavy atom. The fourth-order valence-corrected chi connectivity index (χ4v) is 2.18. The van der Waals surface area contributed by atoms with E-state index >= 15 is 0 Å². The Hall–Kier alpha value is -1.40. The van der Waals surface area contributed by atoms with E-state index in [2.05, 4.69) is 11.4 Å². The zero-order chi connectivity index (χ0) is 11.4. The zero-order valence-corrected chi connectivity index (χ0v) is 9.12. The predicted molar refractivity (Wildman–Crippen MR) is 60.7 cm³/mol. The Balaban J connectivity index is 2.05. The maximum absolute atomic E-state index is 13.6. The number of benzene rings is 1. The van der Waals surface area contributed by atoms with Gasteiger partial charge in [-0.1, -0.05) is 12.1 Å². The molecule has 84 valence electrons. The van der Waals surface area contributed by atoms with E-state index < -0.39 is 6.17 Å². The maximum Gasteiger partial charge on any atom is 0.116 e. The van der Waals surface area contributed by atoms with Crippen LogP contribution in [0.25, 0.3) is 0 Å². The van der Waals surface area contributed by atoms with Gasteiger partial charge >= 0.3 is 0 Å². The number of piperidine rings is 1. The second kappa shape index (κ2) is 5.09. The van der Waals surface area contributed by atoms with Crippen molar-refractivity contribution in [3.05, 3.63) is 35.4 Å². The first kappa shape index (κ1) is 11.1. The zero-order valence-electron chi connectivity index (χ0n) is 9.12. The van der Waals surface area contributed by atoms with Crippen molar-refractivity contribution in [2.45, 2.75) is 19.0 Å². The minimum absolute atomic E-state index is 0.0928. The third kappa shape index (κ3) is 2.59. The van der Waals surface area contributed by atoms with Gasteiger partial charge in [0.25, 0.3) is 0 Å². The quantitative estimate of drug-likeness (QED) is 0.824. The third-order valence-electron chi connectivity index (χ3n) is 3.10. The Bertz CT molecular complexity index is 397. The predicted octanol–water partition coefficient (Wildman–Crippen LogP) is 2.05. The van der Waals surface area contributed by atoms with Crippen LogP contribution in [0.1, 0.15) is 17.5 Å². The second-order valence-electron chi connectivity index (χ2n) is 4.29. The van der Waals surface area contributed by atoms with Crippen LogP contribution in [-0.4, -0.2) is 19.3 Å². The van der Waals surface area contributed by atoms with Gasteiger partial charge in [0.05, 0.1) is 11.6 Å². The van der Waals surface area contributed by atoms with Gasteiger partial charge in [0, 0.05) is 6.54 Å². The number of alkyl halides is 1. The molecule has 0 amide bonds. The van der Waals surface area contributed by atoms with Crippen LogP contribution in [0.3, 0.4) is 0 Å². The molecule has 1 aliphatic heterocycles. The van der Waals surface area contributed by atoms with Crippen molar-refractivity contribution in [2.24, 2.45) is 5.92 Å². The number of halogens is 1. The van der Waals surface area contributed by atoms with E-state index in [9.17, 15) is 4.39 Å². The maximum atomic E-state index is 13.6. The van der Waals surface area contributed by atoms with E-state index in [-0.39, 0.29) is 5.92 Å². The lowest BCUT2D eigenvalue weighted by Crippen LogP contribution is -2.38. The summed E-state index contributed by atoms with van der Waals surface area (Å²) in [5.41, 5.74) is 1.72. The summed E-state index contributed by atoms with van der Waals surface area (Å²) in [6, 6.07) is 9.57. The highest BCUT2D eigenvalue weighted by Gasteiger charge is 2.24. The number of nitriles is 1. The lowest BCUT2D eigenvalue weighted by molar-refractivity contribution is 0.179. The van der Waals surface area contributed by atoms with Crippen molar-refractivity contribution in [1.82, 2.24) is 5.32 Å². The third-order valence-corrected chi connectivity index (χ3v) is 3.10. The Morgan fingerprint density at radius 3 is 3.12 bits per heavy atom. The summed E-state index contributed by atoms with van der Waals surface area (Å²) in [6.45, 7) is 1.35. The molecule has 1 unspecified atom stereocenters. The van der Waals surface area contributed by atoms with Gasteiger partial charge in [0.15, 0.2) is 0 Å². The minimum atomic E-state index is -0.764. The van der Waals surface area contributed by atoms with E-state index in [1.165, 1.54) is 0 Å². The van der Waals surface area contributed by atoms with Gasteiger partial charge < -0.3 is 5.32 Å². The highest BCUT2D eigenvalue weighted by Crippen LogP contribution is 2.21. The summed E-state index contributed by atoms with van der Waals surface area (Å²) >= 11 is 0. The molecule has 1 N–H and O–H groups in total. The highest BCUT2D eigenvalue weighted by molar-refractivity contribution is 5.33. The van der Waals surface area contributed by atoms with Crippen LogP contribution in [-0.2, 0) is 6.42 Å². The van der Waals surface area contributed by atoms with Crippen LogP contribution in [0.15, 0.2) is 24.3 Å². The largest absolute Gasteiger partial charge is 0.314 e. The SMILES string of the molecule is N#Cc1cccc(CC2CCNC[C@H]2F)c1. The molecule has 0 saturated carbocycles. The first-order chi connectivity index (χ1) is 7.79. The molecule has 1 aromatic carbocycles. The van der Waals surface area contributed by atoms with Crippen LogP contribution in [0.5, 0.6) is 0 Å².